The highest BCUT2D eigenvalue weighted by molar-refractivity contribution is 5.94. The summed E-state index contributed by atoms with van der Waals surface area (Å²) in [6, 6.07) is -0.615. The van der Waals surface area contributed by atoms with E-state index < -0.39 is 11.9 Å². The van der Waals surface area contributed by atoms with E-state index in [4.69, 9.17) is 8.94 Å². The second kappa shape index (κ2) is 6.81. The molecule has 9 nitrogen and oxygen atoms in total. The van der Waals surface area contributed by atoms with Crippen molar-refractivity contribution in [2.75, 3.05) is 6.54 Å². The molecule has 1 atom stereocenters. The first-order valence-electron chi connectivity index (χ1n) is 7.84. The Morgan fingerprint density at radius 2 is 2.25 bits per heavy atom. The van der Waals surface area contributed by atoms with Crippen LogP contribution in [-0.2, 0) is 11.3 Å². The molecule has 128 valence electrons. The van der Waals surface area contributed by atoms with Gasteiger partial charge in [0.2, 0.25) is 11.8 Å². The number of likely N-dealkylation sites (tertiary alicyclic amines) is 1. The van der Waals surface area contributed by atoms with E-state index >= 15 is 0 Å². The highest BCUT2D eigenvalue weighted by atomic mass is 16.5. The minimum absolute atomic E-state index is 0.0383. The van der Waals surface area contributed by atoms with Crippen LogP contribution in [0, 0.1) is 13.8 Å². The standard InChI is InChI=1S/C15H19N5O4/c1-9-7-16-14(23-9)13(21)18-11-5-3-4-6-20(15(11)22)8-12-17-10(2)19-24-12/h7,11H,3-6,8H2,1-2H3,(H,18,21). The van der Waals surface area contributed by atoms with Crippen molar-refractivity contribution in [2.45, 2.75) is 45.7 Å². The largest absolute Gasteiger partial charge is 0.438 e. The highest BCUT2D eigenvalue weighted by Crippen LogP contribution is 2.15. The van der Waals surface area contributed by atoms with Crippen molar-refractivity contribution in [2.24, 2.45) is 0 Å². The Morgan fingerprint density at radius 1 is 1.42 bits per heavy atom. The fourth-order valence-electron chi connectivity index (χ4n) is 2.64. The molecule has 0 radical (unpaired) electrons. The van der Waals surface area contributed by atoms with Gasteiger partial charge in [0.1, 0.15) is 18.3 Å². The van der Waals surface area contributed by atoms with Crippen LogP contribution in [0.25, 0.3) is 0 Å². The van der Waals surface area contributed by atoms with E-state index in [1.54, 1.807) is 18.7 Å². The number of hydrogen-bond donors (Lipinski definition) is 1. The first-order valence-corrected chi connectivity index (χ1v) is 7.84. The molecule has 0 saturated carbocycles. The number of nitrogens with one attached hydrogen (secondary N) is 1. The second-order valence-electron chi connectivity index (χ2n) is 5.79. The summed E-state index contributed by atoms with van der Waals surface area (Å²) in [6.45, 7) is 4.25. The molecule has 3 rings (SSSR count). The third-order valence-corrected chi connectivity index (χ3v) is 3.80. The van der Waals surface area contributed by atoms with Crippen LogP contribution in [0.15, 0.2) is 15.1 Å². The molecule has 0 spiro atoms. The topological polar surface area (TPSA) is 114 Å². The van der Waals surface area contributed by atoms with E-state index in [1.165, 1.54) is 6.20 Å². The summed E-state index contributed by atoms with van der Waals surface area (Å²) in [6.07, 6.45) is 3.72. The van der Waals surface area contributed by atoms with E-state index in [1.807, 2.05) is 0 Å². The summed E-state index contributed by atoms with van der Waals surface area (Å²) in [5, 5.41) is 6.43. The van der Waals surface area contributed by atoms with Gasteiger partial charge >= 0.3 is 5.91 Å². The van der Waals surface area contributed by atoms with Crippen molar-refractivity contribution in [3.05, 3.63) is 29.6 Å². The smallest absolute Gasteiger partial charge is 0.307 e. The third kappa shape index (κ3) is 3.61. The van der Waals surface area contributed by atoms with Crippen LogP contribution in [0.5, 0.6) is 0 Å². The van der Waals surface area contributed by atoms with Crippen molar-refractivity contribution in [1.29, 1.82) is 0 Å². The zero-order valence-electron chi connectivity index (χ0n) is 13.6. The van der Waals surface area contributed by atoms with Gasteiger partial charge in [-0.15, -0.1) is 0 Å². The Bertz CT molecular complexity index is 738. The molecule has 1 aliphatic heterocycles. The quantitative estimate of drug-likeness (QED) is 0.887. The predicted octanol–water partition coefficient (Wildman–Crippen LogP) is 0.986. The van der Waals surface area contributed by atoms with Crippen molar-refractivity contribution >= 4 is 11.8 Å². The number of carbonyl (C=O) groups is 2. The summed E-state index contributed by atoms with van der Waals surface area (Å²) < 4.78 is 10.3. The summed E-state index contributed by atoms with van der Waals surface area (Å²) in [7, 11) is 0. The molecule has 9 heteroatoms. The number of oxazole rings is 1. The molecule has 2 amide bonds. The molecule has 0 aliphatic carbocycles. The number of aryl methyl sites for hydroxylation is 2. The summed E-state index contributed by atoms with van der Waals surface area (Å²) in [5.41, 5.74) is 0. The molecular weight excluding hydrogens is 314 g/mol. The Balaban J connectivity index is 1.68. The normalized spacial score (nSPS) is 18.5. The Labute approximate surface area is 138 Å². The van der Waals surface area contributed by atoms with Gasteiger partial charge < -0.3 is 19.2 Å². The van der Waals surface area contributed by atoms with Crippen LogP contribution < -0.4 is 5.32 Å². The molecule has 1 aliphatic rings. The number of rotatable bonds is 4. The number of carbonyl (C=O) groups excluding carboxylic acids is 2. The Hall–Kier alpha value is -2.71. The molecule has 2 aromatic rings. The lowest BCUT2D eigenvalue weighted by molar-refractivity contribution is -0.133. The SMILES string of the molecule is Cc1noc(CN2CCCCC(NC(=O)c3ncc(C)o3)C2=O)n1. The Kier molecular flexibility index (Phi) is 4.59. The van der Waals surface area contributed by atoms with E-state index in [0.717, 1.165) is 12.8 Å². The van der Waals surface area contributed by atoms with Crippen LogP contribution in [0.3, 0.4) is 0 Å². The molecule has 2 aromatic heterocycles. The van der Waals surface area contributed by atoms with E-state index in [0.29, 0.717) is 30.4 Å². The maximum Gasteiger partial charge on any atom is 0.307 e. The van der Waals surface area contributed by atoms with Crippen LogP contribution in [-0.4, -0.2) is 44.4 Å². The monoisotopic (exact) mass is 333 g/mol. The number of nitrogens with zero attached hydrogens (tertiary/aromatic N) is 4. The molecule has 3 heterocycles. The third-order valence-electron chi connectivity index (χ3n) is 3.80. The Morgan fingerprint density at radius 3 is 2.92 bits per heavy atom. The van der Waals surface area contributed by atoms with Gasteiger partial charge in [0.05, 0.1) is 6.20 Å². The minimum atomic E-state index is -0.615. The zero-order chi connectivity index (χ0) is 17.1. The molecule has 1 saturated heterocycles. The van der Waals surface area contributed by atoms with Crippen LogP contribution in [0.4, 0.5) is 0 Å². The molecule has 1 fully saturated rings. The average Bonchev–Trinajstić information content (AvgIpc) is 3.12. The molecular formula is C15H19N5O4. The van der Waals surface area contributed by atoms with Gasteiger partial charge in [-0.05, 0) is 33.1 Å². The lowest BCUT2D eigenvalue weighted by Gasteiger charge is -2.23. The van der Waals surface area contributed by atoms with Crippen molar-refractivity contribution in [3.63, 3.8) is 0 Å². The fourth-order valence-corrected chi connectivity index (χ4v) is 2.64. The number of hydrogen-bond acceptors (Lipinski definition) is 7. The minimum Gasteiger partial charge on any atom is -0.438 e. The lowest BCUT2D eigenvalue weighted by Crippen LogP contribution is -2.47. The molecule has 1 N–H and O–H groups in total. The summed E-state index contributed by atoms with van der Waals surface area (Å²) in [4.78, 5) is 34.5. The van der Waals surface area contributed by atoms with Gasteiger partial charge in [-0.25, -0.2) is 4.98 Å². The maximum atomic E-state index is 12.7. The van der Waals surface area contributed by atoms with Crippen molar-refractivity contribution in [3.8, 4) is 0 Å². The highest BCUT2D eigenvalue weighted by Gasteiger charge is 2.30. The lowest BCUT2D eigenvalue weighted by atomic mass is 10.1. The van der Waals surface area contributed by atoms with E-state index in [9.17, 15) is 9.59 Å². The van der Waals surface area contributed by atoms with Gasteiger partial charge in [0, 0.05) is 6.54 Å². The first kappa shape index (κ1) is 16.2. The number of amides is 2. The van der Waals surface area contributed by atoms with E-state index in [2.05, 4.69) is 20.4 Å². The van der Waals surface area contributed by atoms with Gasteiger partial charge in [-0.2, -0.15) is 4.98 Å². The van der Waals surface area contributed by atoms with Gasteiger partial charge in [-0.1, -0.05) is 5.16 Å². The predicted molar refractivity (Wildman–Crippen MR) is 80.8 cm³/mol. The zero-order valence-corrected chi connectivity index (χ0v) is 13.6. The first-order chi connectivity index (χ1) is 11.5. The average molecular weight is 333 g/mol. The molecule has 24 heavy (non-hydrogen) atoms. The van der Waals surface area contributed by atoms with Crippen LogP contribution in [0.2, 0.25) is 0 Å². The summed E-state index contributed by atoms with van der Waals surface area (Å²) in [5.74, 6) is 0.758. The van der Waals surface area contributed by atoms with Gasteiger partial charge in [0.15, 0.2) is 5.82 Å². The molecule has 0 bridgehead atoms. The van der Waals surface area contributed by atoms with Crippen molar-refractivity contribution in [1.82, 2.24) is 25.3 Å². The van der Waals surface area contributed by atoms with Crippen molar-refractivity contribution < 1.29 is 18.5 Å². The number of aromatic nitrogens is 3. The fraction of sp³-hybridized carbons (Fsp3) is 0.533. The summed E-state index contributed by atoms with van der Waals surface area (Å²) >= 11 is 0. The molecule has 0 aromatic carbocycles. The van der Waals surface area contributed by atoms with E-state index in [-0.39, 0.29) is 18.3 Å². The van der Waals surface area contributed by atoms with Crippen LogP contribution >= 0.6 is 0 Å². The van der Waals surface area contributed by atoms with Crippen LogP contribution in [0.1, 0.15) is 47.4 Å². The maximum absolute atomic E-state index is 12.7. The van der Waals surface area contributed by atoms with Gasteiger partial charge in [-0.3, -0.25) is 9.59 Å². The second-order valence-corrected chi connectivity index (χ2v) is 5.79. The molecule has 1 unspecified atom stereocenters. The van der Waals surface area contributed by atoms with Gasteiger partial charge in [0.25, 0.3) is 5.89 Å².